The van der Waals surface area contributed by atoms with E-state index in [1.54, 1.807) is 12.0 Å². The first-order valence-electron chi connectivity index (χ1n) is 6.00. The van der Waals surface area contributed by atoms with Crippen molar-refractivity contribution < 1.29 is 14.3 Å². The van der Waals surface area contributed by atoms with Crippen molar-refractivity contribution in [2.75, 3.05) is 20.2 Å². The SMILES string of the molecule is COC1(CC(=O)N2CCC(=O)CC2)CCC1. The topological polar surface area (TPSA) is 46.6 Å². The summed E-state index contributed by atoms with van der Waals surface area (Å²) in [5.41, 5.74) is -0.196. The van der Waals surface area contributed by atoms with Crippen LogP contribution in [0.2, 0.25) is 0 Å². The molecular weight excluding hydrogens is 206 g/mol. The van der Waals surface area contributed by atoms with Crippen molar-refractivity contribution in [2.24, 2.45) is 0 Å². The van der Waals surface area contributed by atoms with Gasteiger partial charge in [0.2, 0.25) is 5.91 Å². The van der Waals surface area contributed by atoms with Gasteiger partial charge in [-0.2, -0.15) is 0 Å². The maximum absolute atomic E-state index is 12.0. The number of rotatable bonds is 3. The van der Waals surface area contributed by atoms with E-state index in [4.69, 9.17) is 4.74 Å². The second-order valence-corrected chi connectivity index (χ2v) is 4.84. The first-order chi connectivity index (χ1) is 7.65. The highest BCUT2D eigenvalue weighted by atomic mass is 16.5. The molecule has 1 saturated carbocycles. The Morgan fingerprint density at radius 3 is 2.44 bits per heavy atom. The lowest BCUT2D eigenvalue weighted by Crippen LogP contribution is -2.47. The van der Waals surface area contributed by atoms with Crippen LogP contribution in [0.5, 0.6) is 0 Å². The van der Waals surface area contributed by atoms with Gasteiger partial charge in [-0.05, 0) is 19.3 Å². The van der Waals surface area contributed by atoms with E-state index >= 15 is 0 Å². The summed E-state index contributed by atoms with van der Waals surface area (Å²) in [6, 6.07) is 0. The van der Waals surface area contributed by atoms with Crippen LogP contribution >= 0.6 is 0 Å². The zero-order valence-electron chi connectivity index (χ0n) is 9.83. The standard InChI is InChI=1S/C12H19NO3/c1-16-12(5-2-6-12)9-11(15)13-7-3-10(14)4-8-13/h2-9H2,1H3. The zero-order chi connectivity index (χ0) is 11.6. The molecule has 1 saturated heterocycles. The molecule has 1 aliphatic carbocycles. The summed E-state index contributed by atoms with van der Waals surface area (Å²) >= 11 is 0. The van der Waals surface area contributed by atoms with Gasteiger partial charge in [-0.3, -0.25) is 9.59 Å². The number of piperidine rings is 1. The molecular formula is C12H19NO3. The smallest absolute Gasteiger partial charge is 0.225 e. The van der Waals surface area contributed by atoms with Crippen LogP contribution in [0.4, 0.5) is 0 Å². The quantitative estimate of drug-likeness (QED) is 0.723. The fourth-order valence-electron chi connectivity index (χ4n) is 2.42. The molecule has 16 heavy (non-hydrogen) atoms. The molecule has 0 radical (unpaired) electrons. The highest BCUT2D eigenvalue weighted by molar-refractivity contribution is 5.83. The number of ketones is 1. The van der Waals surface area contributed by atoms with Crippen molar-refractivity contribution in [1.29, 1.82) is 0 Å². The first-order valence-corrected chi connectivity index (χ1v) is 6.00. The number of carbonyl (C=O) groups is 2. The molecule has 0 aromatic heterocycles. The predicted molar refractivity (Wildman–Crippen MR) is 59.0 cm³/mol. The van der Waals surface area contributed by atoms with Crippen LogP contribution in [-0.4, -0.2) is 42.4 Å². The Kier molecular flexibility index (Phi) is 3.28. The number of hydrogen-bond acceptors (Lipinski definition) is 3. The lowest BCUT2D eigenvalue weighted by atomic mass is 9.77. The van der Waals surface area contributed by atoms with Crippen molar-refractivity contribution in [1.82, 2.24) is 4.90 Å². The number of methoxy groups -OCH3 is 1. The molecule has 0 unspecified atom stereocenters. The summed E-state index contributed by atoms with van der Waals surface area (Å²) in [6.07, 6.45) is 4.65. The monoisotopic (exact) mass is 225 g/mol. The van der Waals surface area contributed by atoms with Gasteiger partial charge in [-0.1, -0.05) is 0 Å². The highest BCUT2D eigenvalue weighted by Crippen LogP contribution is 2.38. The van der Waals surface area contributed by atoms with Crippen LogP contribution in [0, 0.1) is 0 Å². The molecule has 90 valence electrons. The van der Waals surface area contributed by atoms with E-state index in [-0.39, 0.29) is 17.3 Å². The molecule has 0 bridgehead atoms. The number of Topliss-reactive ketones (excluding diaryl/α,β-unsaturated/α-hetero) is 1. The number of ether oxygens (including phenoxy) is 1. The van der Waals surface area contributed by atoms with Crippen LogP contribution in [-0.2, 0) is 14.3 Å². The lowest BCUT2D eigenvalue weighted by Gasteiger charge is -2.41. The van der Waals surface area contributed by atoms with Gasteiger partial charge in [0.15, 0.2) is 0 Å². The minimum Gasteiger partial charge on any atom is -0.378 e. The van der Waals surface area contributed by atoms with E-state index in [9.17, 15) is 9.59 Å². The van der Waals surface area contributed by atoms with Crippen LogP contribution in [0.1, 0.15) is 38.5 Å². The first kappa shape index (κ1) is 11.6. The predicted octanol–water partition coefficient (Wildman–Crippen LogP) is 1.14. The van der Waals surface area contributed by atoms with Crippen LogP contribution < -0.4 is 0 Å². The molecule has 0 N–H and O–H groups in total. The number of amides is 1. The number of carbonyl (C=O) groups excluding carboxylic acids is 2. The van der Waals surface area contributed by atoms with E-state index in [0.29, 0.717) is 32.4 Å². The molecule has 1 aliphatic heterocycles. The fraction of sp³-hybridized carbons (Fsp3) is 0.833. The molecule has 0 atom stereocenters. The second-order valence-electron chi connectivity index (χ2n) is 4.84. The molecule has 2 fully saturated rings. The third-order valence-electron chi connectivity index (χ3n) is 3.85. The molecule has 2 aliphatic rings. The Balaban J connectivity index is 1.85. The van der Waals surface area contributed by atoms with E-state index in [0.717, 1.165) is 19.3 Å². The maximum Gasteiger partial charge on any atom is 0.225 e. The van der Waals surface area contributed by atoms with Crippen molar-refractivity contribution in [2.45, 2.75) is 44.1 Å². The minimum absolute atomic E-state index is 0.147. The van der Waals surface area contributed by atoms with Crippen molar-refractivity contribution >= 4 is 11.7 Å². The van der Waals surface area contributed by atoms with E-state index in [2.05, 4.69) is 0 Å². The molecule has 0 aromatic carbocycles. The van der Waals surface area contributed by atoms with E-state index in [1.807, 2.05) is 0 Å². The number of hydrogen-bond donors (Lipinski definition) is 0. The molecule has 2 rings (SSSR count). The van der Waals surface area contributed by atoms with Gasteiger partial charge in [0.25, 0.3) is 0 Å². The molecule has 0 spiro atoms. The minimum atomic E-state index is -0.196. The molecule has 1 amide bonds. The highest BCUT2D eigenvalue weighted by Gasteiger charge is 2.40. The average Bonchev–Trinajstić information content (AvgIpc) is 2.24. The zero-order valence-corrected chi connectivity index (χ0v) is 9.83. The van der Waals surface area contributed by atoms with Crippen LogP contribution in [0.15, 0.2) is 0 Å². The fourth-order valence-corrected chi connectivity index (χ4v) is 2.42. The van der Waals surface area contributed by atoms with Gasteiger partial charge in [-0.15, -0.1) is 0 Å². The summed E-state index contributed by atoms with van der Waals surface area (Å²) < 4.78 is 5.44. The third-order valence-corrected chi connectivity index (χ3v) is 3.85. The molecule has 4 nitrogen and oxygen atoms in total. The van der Waals surface area contributed by atoms with Crippen LogP contribution in [0.3, 0.4) is 0 Å². The molecule has 0 aromatic rings. The van der Waals surface area contributed by atoms with E-state index in [1.165, 1.54) is 0 Å². The summed E-state index contributed by atoms with van der Waals surface area (Å²) in [5.74, 6) is 0.420. The largest absolute Gasteiger partial charge is 0.378 e. The number of nitrogens with zero attached hydrogens (tertiary/aromatic N) is 1. The Morgan fingerprint density at radius 1 is 1.38 bits per heavy atom. The van der Waals surface area contributed by atoms with Crippen molar-refractivity contribution in [3.05, 3.63) is 0 Å². The Bertz CT molecular complexity index is 281. The second kappa shape index (κ2) is 4.53. The molecule has 4 heteroatoms. The summed E-state index contributed by atoms with van der Waals surface area (Å²) in [6.45, 7) is 1.19. The van der Waals surface area contributed by atoms with Gasteiger partial charge < -0.3 is 9.64 Å². The van der Waals surface area contributed by atoms with Gasteiger partial charge in [0.1, 0.15) is 5.78 Å². The van der Waals surface area contributed by atoms with Gasteiger partial charge in [0, 0.05) is 33.0 Å². The van der Waals surface area contributed by atoms with Crippen molar-refractivity contribution in [3.8, 4) is 0 Å². The summed E-state index contributed by atoms with van der Waals surface area (Å²) in [4.78, 5) is 24.9. The Hall–Kier alpha value is -0.900. The summed E-state index contributed by atoms with van der Waals surface area (Å²) in [5, 5.41) is 0. The van der Waals surface area contributed by atoms with E-state index < -0.39 is 0 Å². The average molecular weight is 225 g/mol. The van der Waals surface area contributed by atoms with Crippen LogP contribution in [0.25, 0.3) is 0 Å². The Morgan fingerprint density at radius 2 is 2.00 bits per heavy atom. The number of likely N-dealkylation sites (tertiary alicyclic amines) is 1. The normalized spacial score (nSPS) is 24.1. The summed E-state index contributed by atoms with van der Waals surface area (Å²) in [7, 11) is 1.69. The lowest BCUT2D eigenvalue weighted by molar-refractivity contribution is -0.145. The van der Waals surface area contributed by atoms with Gasteiger partial charge in [0.05, 0.1) is 12.0 Å². The maximum atomic E-state index is 12.0. The van der Waals surface area contributed by atoms with Gasteiger partial charge >= 0.3 is 0 Å². The van der Waals surface area contributed by atoms with Crippen molar-refractivity contribution in [3.63, 3.8) is 0 Å². The third kappa shape index (κ3) is 2.26. The Labute approximate surface area is 95.9 Å². The molecule has 1 heterocycles. The van der Waals surface area contributed by atoms with Gasteiger partial charge in [-0.25, -0.2) is 0 Å².